The molecule has 1 atom stereocenters. The van der Waals surface area contributed by atoms with Gasteiger partial charge in [-0.3, -0.25) is 14.5 Å². The Morgan fingerprint density at radius 3 is 2.31 bits per heavy atom. The van der Waals surface area contributed by atoms with Crippen molar-refractivity contribution in [3.8, 4) is 0 Å². The number of halogens is 1. The second-order valence-corrected chi connectivity index (χ2v) is 9.19. The fraction of sp³-hybridized carbons (Fsp3) is 0.636. The van der Waals surface area contributed by atoms with E-state index in [2.05, 4.69) is 40.0 Å². The van der Waals surface area contributed by atoms with Crippen molar-refractivity contribution in [2.45, 2.75) is 32.7 Å². The van der Waals surface area contributed by atoms with Crippen molar-refractivity contribution >= 4 is 27.7 Å². The fourth-order valence-electron chi connectivity index (χ4n) is 4.16. The van der Waals surface area contributed by atoms with E-state index in [1.807, 2.05) is 29.2 Å². The maximum atomic E-state index is 12.7. The molecule has 0 bridgehead atoms. The zero-order valence-electron chi connectivity index (χ0n) is 17.4. The van der Waals surface area contributed by atoms with Crippen LogP contribution in [0.3, 0.4) is 0 Å². The number of nitrogens with one attached hydrogen (secondary N) is 1. The third kappa shape index (κ3) is 6.03. The van der Waals surface area contributed by atoms with Gasteiger partial charge >= 0.3 is 0 Å². The number of morpholine rings is 1. The Bertz CT molecular complexity index is 681. The van der Waals surface area contributed by atoms with Gasteiger partial charge in [0.2, 0.25) is 5.91 Å². The molecule has 0 spiro atoms. The molecule has 2 amide bonds. The highest BCUT2D eigenvalue weighted by Crippen LogP contribution is 2.21. The summed E-state index contributed by atoms with van der Waals surface area (Å²) in [5.74, 6) is 0.628. The topological polar surface area (TPSA) is 61.9 Å². The summed E-state index contributed by atoms with van der Waals surface area (Å²) in [6, 6.07) is 7.77. The Hall–Kier alpha value is -1.44. The van der Waals surface area contributed by atoms with Crippen molar-refractivity contribution in [3.63, 3.8) is 0 Å². The second-order valence-electron chi connectivity index (χ2n) is 8.28. The van der Waals surface area contributed by atoms with Gasteiger partial charge < -0.3 is 15.0 Å². The van der Waals surface area contributed by atoms with Crippen molar-refractivity contribution in [2.75, 3.05) is 45.9 Å². The van der Waals surface area contributed by atoms with Crippen LogP contribution < -0.4 is 5.32 Å². The summed E-state index contributed by atoms with van der Waals surface area (Å²) in [7, 11) is 0. The Morgan fingerprint density at radius 1 is 1.10 bits per heavy atom. The molecular formula is C22H32BrN3O3. The maximum absolute atomic E-state index is 12.7. The molecule has 6 nitrogen and oxygen atoms in total. The van der Waals surface area contributed by atoms with Crippen LogP contribution in [0, 0.1) is 11.8 Å². The summed E-state index contributed by atoms with van der Waals surface area (Å²) in [5, 5.41) is 3.18. The molecule has 2 fully saturated rings. The van der Waals surface area contributed by atoms with E-state index in [4.69, 9.17) is 4.74 Å². The number of nitrogens with zero attached hydrogens (tertiary/aromatic N) is 2. The van der Waals surface area contributed by atoms with Gasteiger partial charge in [-0.2, -0.15) is 0 Å². The molecule has 29 heavy (non-hydrogen) atoms. The Kier molecular flexibility index (Phi) is 8.09. The van der Waals surface area contributed by atoms with Crippen molar-refractivity contribution in [2.24, 2.45) is 11.8 Å². The molecule has 7 heteroatoms. The van der Waals surface area contributed by atoms with Crippen LogP contribution in [0.25, 0.3) is 0 Å². The van der Waals surface area contributed by atoms with Crippen molar-refractivity contribution in [1.29, 1.82) is 0 Å². The minimum Gasteiger partial charge on any atom is -0.379 e. The van der Waals surface area contributed by atoms with Gasteiger partial charge in [0.1, 0.15) is 0 Å². The summed E-state index contributed by atoms with van der Waals surface area (Å²) in [4.78, 5) is 29.7. The van der Waals surface area contributed by atoms with Crippen LogP contribution in [0.5, 0.6) is 0 Å². The maximum Gasteiger partial charge on any atom is 0.253 e. The summed E-state index contributed by atoms with van der Waals surface area (Å²) in [5.41, 5.74) is 0.696. The lowest BCUT2D eigenvalue weighted by atomic mass is 9.94. The second kappa shape index (κ2) is 10.5. The first-order chi connectivity index (χ1) is 14.0. The summed E-state index contributed by atoms with van der Waals surface area (Å²) in [6.07, 6.45) is 1.44. The number of piperidine rings is 1. The van der Waals surface area contributed by atoms with Gasteiger partial charge in [0.25, 0.3) is 5.91 Å². The lowest BCUT2D eigenvalue weighted by Crippen LogP contribution is -2.52. The van der Waals surface area contributed by atoms with Crippen molar-refractivity contribution in [1.82, 2.24) is 15.1 Å². The third-order valence-corrected chi connectivity index (χ3v) is 6.54. The first kappa shape index (κ1) is 22.2. The van der Waals surface area contributed by atoms with Gasteiger partial charge in [0.05, 0.1) is 13.2 Å². The number of hydrogen-bond acceptors (Lipinski definition) is 4. The van der Waals surface area contributed by atoms with E-state index >= 15 is 0 Å². The fourth-order valence-corrected chi connectivity index (χ4v) is 4.43. The standard InChI is InChI=1S/C22H32BrN3O3/c1-16(2)20(25-11-13-29-14-12-25)15-24-21(27)17-7-9-26(10-8-17)22(28)18-3-5-19(23)6-4-18/h3-6,16-17,20H,7-15H2,1-2H3,(H,24,27)/t20-/m0/s1. The van der Waals surface area contributed by atoms with Gasteiger partial charge in [0.15, 0.2) is 0 Å². The number of benzene rings is 1. The minimum absolute atomic E-state index is 0.0125. The molecule has 0 aliphatic carbocycles. The lowest BCUT2D eigenvalue weighted by molar-refractivity contribution is -0.126. The Balaban J connectivity index is 1.46. The minimum atomic E-state index is -0.0125. The smallest absolute Gasteiger partial charge is 0.253 e. The number of likely N-dealkylation sites (tertiary alicyclic amines) is 1. The predicted octanol–water partition coefficient (Wildman–Crippen LogP) is 2.77. The van der Waals surface area contributed by atoms with Gasteiger partial charge in [-0.05, 0) is 43.0 Å². The van der Waals surface area contributed by atoms with Crippen LogP contribution in [0.15, 0.2) is 28.7 Å². The molecule has 2 heterocycles. The molecule has 0 unspecified atom stereocenters. The van der Waals surface area contributed by atoms with Gasteiger partial charge in [-0.15, -0.1) is 0 Å². The molecule has 2 aliphatic heterocycles. The highest BCUT2D eigenvalue weighted by molar-refractivity contribution is 9.10. The molecular weight excluding hydrogens is 434 g/mol. The van der Waals surface area contributed by atoms with E-state index in [0.29, 0.717) is 37.2 Å². The molecule has 1 N–H and O–H groups in total. The zero-order valence-corrected chi connectivity index (χ0v) is 19.0. The predicted molar refractivity (Wildman–Crippen MR) is 117 cm³/mol. The number of carbonyl (C=O) groups is 2. The van der Waals surface area contributed by atoms with E-state index in [1.165, 1.54) is 0 Å². The number of rotatable bonds is 6. The van der Waals surface area contributed by atoms with E-state index in [9.17, 15) is 9.59 Å². The quantitative estimate of drug-likeness (QED) is 0.701. The first-order valence-electron chi connectivity index (χ1n) is 10.6. The Morgan fingerprint density at radius 2 is 1.72 bits per heavy atom. The van der Waals surface area contributed by atoms with Gasteiger partial charge in [-0.25, -0.2) is 0 Å². The van der Waals surface area contributed by atoms with Crippen LogP contribution in [0.1, 0.15) is 37.0 Å². The van der Waals surface area contributed by atoms with Crippen LogP contribution >= 0.6 is 15.9 Å². The number of amides is 2. The number of carbonyl (C=O) groups excluding carboxylic acids is 2. The SMILES string of the molecule is CC(C)[C@H](CNC(=O)C1CCN(C(=O)c2ccc(Br)cc2)CC1)N1CCOCC1. The molecule has 2 aliphatic rings. The first-order valence-corrected chi connectivity index (χ1v) is 11.4. The van der Waals surface area contributed by atoms with Crippen LogP contribution in [-0.2, 0) is 9.53 Å². The average Bonchev–Trinajstić information content (AvgIpc) is 2.74. The normalized spacial score (nSPS) is 19.9. The number of hydrogen-bond donors (Lipinski definition) is 1. The monoisotopic (exact) mass is 465 g/mol. The molecule has 0 saturated carbocycles. The summed E-state index contributed by atoms with van der Waals surface area (Å²) in [6.45, 7) is 9.73. The molecule has 0 radical (unpaired) electrons. The Labute approximate surface area is 182 Å². The van der Waals surface area contributed by atoms with E-state index < -0.39 is 0 Å². The van der Waals surface area contributed by atoms with E-state index in [1.54, 1.807) is 0 Å². The van der Waals surface area contributed by atoms with E-state index in [-0.39, 0.29) is 17.7 Å². The molecule has 1 aromatic carbocycles. The van der Waals surface area contributed by atoms with Crippen molar-refractivity contribution in [3.05, 3.63) is 34.3 Å². The molecule has 160 valence electrons. The van der Waals surface area contributed by atoms with Gasteiger partial charge in [0, 0.05) is 54.7 Å². The van der Waals surface area contributed by atoms with Crippen LogP contribution in [0.2, 0.25) is 0 Å². The van der Waals surface area contributed by atoms with Crippen molar-refractivity contribution < 1.29 is 14.3 Å². The number of ether oxygens (including phenoxy) is 1. The molecule has 3 rings (SSSR count). The summed E-state index contributed by atoms with van der Waals surface area (Å²) < 4.78 is 6.41. The van der Waals surface area contributed by atoms with Crippen LogP contribution in [0.4, 0.5) is 0 Å². The summed E-state index contributed by atoms with van der Waals surface area (Å²) >= 11 is 3.39. The highest BCUT2D eigenvalue weighted by atomic mass is 79.9. The molecule has 2 saturated heterocycles. The third-order valence-electron chi connectivity index (χ3n) is 6.01. The molecule has 0 aromatic heterocycles. The largest absolute Gasteiger partial charge is 0.379 e. The average molecular weight is 466 g/mol. The molecule has 1 aromatic rings. The van der Waals surface area contributed by atoms with E-state index in [0.717, 1.165) is 43.6 Å². The van der Waals surface area contributed by atoms with Crippen LogP contribution in [-0.4, -0.2) is 73.6 Å². The highest BCUT2D eigenvalue weighted by Gasteiger charge is 2.29. The van der Waals surface area contributed by atoms with Gasteiger partial charge in [-0.1, -0.05) is 29.8 Å². The zero-order chi connectivity index (χ0) is 20.8. The lowest BCUT2D eigenvalue weighted by Gasteiger charge is -2.37.